The number of hydrogen-bond donors (Lipinski definition) is 1. The van der Waals surface area contributed by atoms with Crippen LogP contribution in [-0.4, -0.2) is 5.11 Å². The van der Waals surface area contributed by atoms with Crippen LogP contribution in [0.1, 0.15) is 5.56 Å². The van der Waals surface area contributed by atoms with Crippen molar-refractivity contribution in [2.75, 3.05) is 0 Å². The van der Waals surface area contributed by atoms with Gasteiger partial charge in [0.2, 0.25) is 0 Å². The van der Waals surface area contributed by atoms with Crippen LogP contribution in [0.3, 0.4) is 0 Å². The molecule has 0 aliphatic carbocycles. The van der Waals surface area contributed by atoms with E-state index in [1.54, 1.807) is 23.5 Å². The maximum atomic E-state index is 9.62. The van der Waals surface area contributed by atoms with Gasteiger partial charge in [-0.1, -0.05) is 27.5 Å². The fourth-order valence-corrected chi connectivity index (χ4v) is 3.20. The van der Waals surface area contributed by atoms with Gasteiger partial charge in [-0.15, -0.1) is 11.3 Å². The third-order valence-corrected chi connectivity index (χ3v) is 3.97. The van der Waals surface area contributed by atoms with E-state index in [2.05, 4.69) is 15.9 Å². The van der Waals surface area contributed by atoms with Crippen molar-refractivity contribution in [2.45, 2.75) is 5.33 Å². The molecule has 0 aliphatic heterocycles. The molecule has 0 saturated carbocycles. The molecule has 0 atom stereocenters. The third kappa shape index (κ3) is 1.45. The van der Waals surface area contributed by atoms with E-state index in [9.17, 15) is 5.11 Å². The zero-order valence-electron chi connectivity index (χ0n) is 6.55. The first-order chi connectivity index (χ1) is 6.24. The van der Waals surface area contributed by atoms with Crippen LogP contribution in [0.25, 0.3) is 10.1 Å². The van der Waals surface area contributed by atoms with E-state index in [0.717, 1.165) is 21.0 Å². The predicted octanol–water partition coefficient (Wildman–Crippen LogP) is 4.16. The smallest absolute Gasteiger partial charge is 0.124 e. The Morgan fingerprint density at radius 3 is 2.92 bits per heavy atom. The number of rotatable bonds is 1. The molecule has 0 aliphatic rings. The Balaban J connectivity index is 2.87. The quantitative estimate of drug-likeness (QED) is 0.776. The van der Waals surface area contributed by atoms with Crippen LogP contribution < -0.4 is 0 Å². The molecule has 1 heterocycles. The Bertz CT molecular complexity index is 452. The van der Waals surface area contributed by atoms with Crippen molar-refractivity contribution < 1.29 is 5.11 Å². The summed E-state index contributed by atoms with van der Waals surface area (Å²) in [7, 11) is 0. The molecule has 0 saturated heterocycles. The number of phenols is 1. The summed E-state index contributed by atoms with van der Waals surface area (Å²) in [6.07, 6.45) is 0. The highest BCUT2D eigenvalue weighted by Gasteiger charge is 2.09. The summed E-state index contributed by atoms with van der Waals surface area (Å²) in [6, 6.07) is 3.34. The second-order valence-electron chi connectivity index (χ2n) is 2.67. The summed E-state index contributed by atoms with van der Waals surface area (Å²) >= 11 is 10.9. The van der Waals surface area contributed by atoms with Crippen LogP contribution in [0.5, 0.6) is 5.75 Å². The molecule has 0 spiro atoms. The molecule has 1 aromatic heterocycles. The van der Waals surface area contributed by atoms with Crippen molar-refractivity contribution in [1.82, 2.24) is 0 Å². The van der Waals surface area contributed by atoms with Crippen LogP contribution in [0, 0.1) is 0 Å². The van der Waals surface area contributed by atoms with Gasteiger partial charge < -0.3 is 5.11 Å². The van der Waals surface area contributed by atoms with Gasteiger partial charge in [0.15, 0.2) is 0 Å². The molecule has 1 N–H and O–H groups in total. The van der Waals surface area contributed by atoms with Crippen molar-refractivity contribution in [3.05, 3.63) is 28.1 Å². The van der Waals surface area contributed by atoms with Crippen LogP contribution >= 0.6 is 38.9 Å². The fourth-order valence-electron chi connectivity index (χ4n) is 1.26. The molecule has 2 rings (SSSR count). The molecule has 13 heavy (non-hydrogen) atoms. The summed E-state index contributed by atoms with van der Waals surface area (Å²) in [6.45, 7) is 0. The van der Waals surface area contributed by atoms with Crippen molar-refractivity contribution >= 4 is 49.0 Å². The second kappa shape index (κ2) is 3.48. The summed E-state index contributed by atoms with van der Waals surface area (Å²) in [5, 5.41) is 13.9. The number of alkyl halides is 1. The average Bonchev–Trinajstić information content (AvgIpc) is 2.56. The third-order valence-electron chi connectivity index (χ3n) is 1.87. The summed E-state index contributed by atoms with van der Waals surface area (Å²) in [5.74, 6) is 0.301. The monoisotopic (exact) mass is 276 g/mol. The van der Waals surface area contributed by atoms with E-state index >= 15 is 0 Å². The van der Waals surface area contributed by atoms with Gasteiger partial charge in [-0.3, -0.25) is 0 Å². The van der Waals surface area contributed by atoms with Crippen LogP contribution in [0.2, 0.25) is 5.02 Å². The van der Waals surface area contributed by atoms with Gasteiger partial charge >= 0.3 is 0 Å². The number of aromatic hydroxyl groups is 1. The van der Waals surface area contributed by atoms with E-state index in [1.165, 1.54) is 0 Å². The zero-order chi connectivity index (χ0) is 9.42. The summed E-state index contributed by atoms with van der Waals surface area (Å²) < 4.78 is 0.955. The highest BCUT2D eigenvalue weighted by atomic mass is 79.9. The number of benzene rings is 1. The standard InChI is InChI=1S/C9H6BrClOS/c10-3-5-4-13-9-6(11)1-2-7(12)8(5)9/h1-2,4,12H,3H2. The molecule has 0 radical (unpaired) electrons. The van der Waals surface area contributed by atoms with Gasteiger partial charge in [-0.05, 0) is 23.1 Å². The van der Waals surface area contributed by atoms with Crippen LogP contribution in [0.4, 0.5) is 0 Å². The molecule has 0 bridgehead atoms. The number of fused-ring (bicyclic) bond motifs is 1. The maximum absolute atomic E-state index is 9.62. The molecule has 1 aromatic carbocycles. The number of thiophene rings is 1. The van der Waals surface area contributed by atoms with Crippen LogP contribution in [0.15, 0.2) is 17.5 Å². The predicted molar refractivity (Wildman–Crippen MR) is 61.1 cm³/mol. The zero-order valence-corrected chi connectivity index (χ0v) is 9.71. The van der Waals surface area contributed by atoms with Crippen molar-refractivity contribution in [2.24, 2.45) is 0 Å². The first kappa shape index (κ1) is 9.31. The Labute approximate surface area is 93.1 Å². The fraction of sp³-hybridized carbons (Fsp3) is 0.111. The number of halogens is 2. The lowest BCUT2D eigenvalue weighted by Gasteiger charge is -1.98. The van der Waals surface area contributed by atoms with Gasteiger partial charge in [0.05, 0.1) is 9.72 Å². The Hall–Kier alpha value is -0.250. The van der Waals surface area contributed by atoms with E-state index < -0.39 is 0 Å². The molecule has 0 unspecified atom stereocenters. The highest BCUT2D eigenvalue weighted by molar-refractivity contribution is 9.08. The summed E-state index contributed by atoms with van der Waals surface area (Å²) in [4.78, 5) is 0. The second-order valence-corrected chi connectivity index (χ2v) is 4.51. The summed E-state index contributed by atoms with van der Waals surface area (Å²) in [5.41, 5.74) is 1.08. The Kier molecular flexibility index (Phi) is 2.49. The first-order valence-corrected chi connectivity index (χ1v) is 6.05. The van der Waals surface area contributed by atoms with E-state index in [0.29, 0.717) is 10.8 Å². The average molecular weight is 278 g/mol. The topological polar surface area (TPSA) is 20.2 Å². The molecule has 68 valence electrons. The Morgan fingerprint density at radius 1 is 1.46 bits per heavy atom. The molecule has 2 aromatic rings. The van der Waals surface area contributed by atoms with Gasteiger partial charge in [0.1, 0.15) is 5.75 Å². The number of phenolic OH excluding ortho intramolecular Hbond substituents is 1. The van der Waals surface area contributed by atoms with Gasteiger partial charge in [-0.25, -0.2) is 0 Å². The molecule has 4 heteroatoms. The maximum Gasteiger partial charge on any atom is 0.124 e. The minimum absolute atomic E-state index is 0.301. The largest absolute Gasteiger partial charge is 0.507 e. The minimum Gasteiger partial charge on any atom is -0.507 e. The number of hydrogen-bond acceptors (Lipinski definition) is 2. The Morgan fingerprint density at radius 2 is 2.23 bits per heavy atom. The highest BCUT2D eigenvalue weighted by Crippen LogP contribution is 2.38. The van der Waals surface area contributed by atoms with Crippen molar-refractivity contribution in [1.29, 1.82) is 0 Å². The van der Waals surface area contributed by atoms with Gasteiger partial charge in [0, 0.05) is 10.7 Å². The van der Waals surface area contributed by atoms with Gasteiger partial charge in [-0.2, -0.15) is 0 Å². The normalized spacial score (nSPS) is 10.9. The molecule has 1 nitrogen and oxygen atoms in total. The minimum atomic E-state index is 0.301. The van der Waals surface area contributed by atoms with Crippen molar-refractivity contribution in [3.8, 4) is 5.75 Å². The lowest BCUT2D eigenvalue weighted by molar-refractivity contribution is 0.481. The van der Waals surface area contributed by atoms with Crippen LogP contribution in [-0.2, 0) is 5.33 Å². The SMILES string of the molecule is Oc1ccc(Cl)c2scc(CBr)c12. The molecule has 0 amide bonds. The first-order valence-electron chi connectivity index (χ1n) is 3.67. The van der Waals surface area contributed by atoms with E-state index in [1.807, 2.05) is 5.38 Å². The van der Waals surface area contributed by atoms with Gasteiger partial charge in [0.25, 0.3) is 0 Å². The molecule has 0 fully saturated rings. The molecular formula is C9H6BrClOS. The lowest BCUT2D eigenvalue weighted by Crippen LogP contribution is -1.74. The van der Waals surface area contributed by atoms with E-state index in [4.69, 9.17) is 11.6 Å². The van der Waals surface area contributed by atoms with Crippen molar-refractivity contribution in [3.63, 3.8) is 0 Å². The molecular weight excluding hydrogens is 272 g/mol. The lowest BCUT2D eigenvalue weighted by atomic mass is 10.2. The van der Waals surface area contributed by atoms with E-state index in [-0.39, 0.29) is 0 Å².